The second-order valence-corrected chi connectivity index (χ2v) is 5.46. The average molecular weight is 245 g/mol. The van der Waals surface area contributed by atoms with Crippen molar-refractivity contribution in [3.05, 3.63) is 29.6 Å². The smallest absolute Gasteiger partial charge is 0.265 e. The van der Waals surface area contributed by atoms with Crippen molar-refractivity contribution in [2.24, 2.45) is 0 Å². The number of aryl methyl sites for hydroxylation is 1. The molecule has 2 rings (SSSR count). The zero-order valence-electron chi connectivity index (χ0n) is 8.81. The first-order chi connectivity index (χ1) is 7.51. The van der Waals surface area contributed by atoms with Crippen LogP contribution in [0.4, 0.5) is 4.39 Å². The fraction of sp³-hybridized carbons (Fsp3) is 0.400. The normalized spacial score (nSPS) is 17.9. The first-order valence-corrected chi connectivity index (χ1v) is 6.37. The molecular weight excluding hydrogens is 233 g/mol. The summed E-state index contributed by atoms with van der Waals surface area (Å²) in [5, 5.41) is 0. The van der Waals surface area contributed by atoms with E-state index in [1.165, 1.54) is 12.1 Å². The molecular formula is C10H12FNO3S. The van der Waals surface area contributed by atoms with E-state index < -0.39 is 15.8 Å². The van der Waals surface area contributed by atoms with Crippen molar-refractivity contribution in [3.63, 3.8) is 0 Å². The Bertz CT molecular complexity index is 495. The van der Waals surface area contributed by atoms with Crippen molar-refractivity contribution < 1.29 is 17.6 Å². The van der Waals surface area contributed by atoms with Crippen molar-refractivity contribution in [2.45, 2.75) is 18.2 Å². The highest BCUT2D eigenvalue weighted by atomic mass is 32.2. The van der Waals surface area contributed by atoms with Gasteiger partial charge in [-0.15, -0.1) is 0 Å². The SMILES string of the molecule is Cc1ccc(S(=O)(=O)N2CCCO2)cc1F. The topological polar surface area (TPSA) is 46.6 Å². The van der Waals surface area contributed by atoms with Gasteiger partial charge in [-0.05, 0) is 31.0 Å². The molecule has 1 saturated heterocycles. The number of hydroxylamine groups is 1. The molecule has 16 heavy (non-hydrogen) atoms. The van der Waals surface area contributed by atoms with Gasteiger partial charge in [0.25, 0.3) is 10.0 Å². The van der Waals surface area contributed by atoms with Gasteiger partial charge in [0.05, 0.1) is 11.5 Å². The van der Waals surface area contributed by atoms with E-state index in [4.69, 9.17) is 4.84 Å². The molecule has 1 aliphatic heterocycles. The highest BCUT2D eigenvalue weighted by Crippen LogP contribution is 2.21. The Morgan fingerprint density at radius 2 is 2.19 bits per heavy atom. The number of sulfonamides is 1. The van der Waals surface area contributed by atoms with E-state index in [0.717, 1.165) is 10.5 Å². The lowest BCUT2D eigenvalue weighted by molar-refractivity contribution is -0.0284. The number of nitrogens with zero attached hydrogens (tertiary/aromatic N) is 1. The molecule has 0 N–H and O–H groups in total. The Hall–Kier alpha value is -0.980. The van der Waals surface area contributed by atoms with Gasteiger partial charge in [-0.2, -0.15) is 0 Å². The zero-order chi connectivity index (χ0) is 11.8. The molecule has 0 aromatic heterocycles. The molecule has 1 heterocycles. The van der Waals surface area contributed by atoms with Gasteiger partial charge in [0.1, 0.15) is 5.82 Å². The largest absolute Gasteiger partial charge is 0.284 e. The number of hydrogen-bond donors (Lipinski definition) is 0. The number of rotatable bonds is 2. The Labute approximate surface area is 93.6 Å². The highest BCUT2D eigenvalue weighted by molar-refractivity contribution is 7.89. The van der Waals surface area contributed by atoms with E-state index in [0.29, 0.717) is 25.1 Å². The third-order valence-electron chi connectivity index (χ3n) is 2.43. The van der Waals surface area contributed by atoms with E-state index in [-0.39, 0.29) is 4.90 Å². The average Bonchev–Trinajstić information content (AvgIpc) is 2.75. The van der Waals surface area contributed by atoms with Crippen LogP contribution in [0.1, 0.15) is 12.0 Å². The van der Waals surface area contributed by atoms with Crippen LogP contribution in [-0.2, 0) is 14.9 Å². The maximum atomic E-state index is 13.3. The molecule has 0 radical (unpaired) electrons. The lowest BCUT2D eigenvalue weighted by Gasteiger charge is -2.14. The molecule has 0 bridgehead atoms. The van der Waals surface area contributed by atoms with Gasteiger partial charge in [0.2, 0.25) is 0 Å². The molecule has 1 fully saturated rings. The number of halogens is 1. The lowest BCUT2D eigenvalue weighted by Crippen LogP contribution is -2.26. The van der Waals surface area contributed by atoms with E-state index in [1.54, 1.807) is 6.92 Å². The zero-order valence-corrected chi connectivity index (χ0v) is 9.63. The van der Waals surface area contributed by atoms with Gasteiger partial charge in [0, 0.05) is 6.54 Å². The molecule has 6 heteroatoms. The minimum absolute atomic E-state index is 0.0718. The van der Waals surface area contributed by atoms with Crippen LogP contribution in [0.25, 0.3) is 0 Å². The predicted molar refractivity (Wildman–Crippen MR) is 55.6 cm³/mol. The van der Waals surface area contributed by atoms with Crippen LogP contribution in [0.5, 0.6) is 0 Å². The number of benzene rings is 1. The molecule has 88 valence electrons. The van der Waals surface area contributed by atoms with Crippen molar-refractivity contribution in [3.8, 4) is 0 Å². The maximum absolute atomic E-state index is 13.3. The van der Waals surface area contributed by atoms with E-state index >= 15 is 0 Å². The van der Waals surface area contributed by atoms with Crippen molar-refractivity contribution in [1.82, 2.24) is 4.47 Å². The molecule has 0 atom stereocenters. The van der Waals surface area contributed by atoms with Crippen LogP contribution in [0.2, 0.25) is 0 Å². The van der Waals surface area contributed by atoms with Gasteiger partial charge < -0.3 is 0 Å². The summed E-state index contributed by atoms with van der Waals surface area (Å²) in [5.41, 5.74) is 0.418. The molecule has 4 nitrogen and oxygen atoms in total. The number of hydrogen-bond acceptors (Lipinski definition) is 3. The molecule has 1 aromatic carbocycles. The van der Waals surface area contributed by atoms with Crippen molar-refractivity contribution in [2.75, 3.05) is 13.2 Å². The third kappa shape index (κ3) is 1.95. The van der Waals surface area contributed by atoms with Gasteiger partial charge in [-0.1, -0.05) is 10.5 Å². The fourth-order valence-corrected chi connectivity index (χ4v) is 2.78. The first kappa shape index (κ1) is 11.5. The molecule has 0 aliphatic carbocycles. The fourth-order valence-electron chi connectivity index (χ4n) is 1.47. The van der Waals surface area contributed by atoms with Gasteiger partial charge in [0.15, 0.2) is 0 Å². The van der Waals surface area contributed by atoms with Crippen LogP contribution in [0, 0.1) is 12.7 Å². The van der Waals surface area contributed by atoms with E-state index in [1.807, 2.05) is 0 Å². The van der Waals surface area contributed by atoms with Crippen LogP contribution in [-0.4, -0.2) is 26.0 Å². The van der Waals surface area contributed by atoms with Crippen LogP contribution < -0.4 is 0 Å². The highest BCUT2D eigenvalue weighted by Gasteiger charge is 2.29. The summed E-state index contributed by atoms with van der Waals surface area (Å²) < 4.78 is 38.1. The van der Waals surface area contributed by atoms with Crippen LogP contribution in [0.3, 0.4) is 0 Å². The van der Waals surface area contributed by atoms with Crippen molar-refractivity contribution in [1.29, 1.82) is 0 Å². The standard InChI is InChI=1S/C10H12FNO3S/c1-8-3-4-9(7-10(8)11)16(13,14)12-5-2-6-15-12/h3-4,7H,2,5-6H2,1H3. The van der Waals surface area contributed by atoms with Crippen LogP contribution in [0.15, 0.2) is 23.1 Å². The monoisotopic (exact) mass is 245 g/mol. The predicted octanol–water partition coefficient (Wildman–Crippen LogP) is 1.46. The lowest BCUT2D eigenvalue weighted by atomic mass is 10.2. The molecule has 0 spiro atoms. The van der Waals surface area contributed by atoms with Gasteiger partial charge in [-0.25, -0.2) is 12.8 Å². The Balaban J connectivity index is 2.39. The van der Waals surface area contributed by atoms with Crippen LogP contribution >= 0.6 is 0 Å². The van der Waals surface area contributed by atoms with E-state index in [2.05, 4.69) is 0 Å². The van der Waals surface area contributed by atoms with E-state index in [9.17, 15) is 12.8 Å². The molecule has 1 aliphatic rings. The summed E-state index contributed by atoms with van der Waals surface area (Å²) in [6.45, 7) is 2.28. The molecule has 0 unspecified atom stereocenters. The summed E-state index contributed by atoms with van der Waals surface area (Å²) >= 11 is 0. The third-order valence-corrected chi connectivity index (χ3v) is 4.10. The molecule has 0 saturated carbocycles. The van der Waals surface area contributed by atoms with Gasteiger partial charge >= 0.3 is 0 Å². The first-order valence-electron chi connectivity index (χ1n) is 4.93. The Kier molecular flexibility index (Phi) is 2.96. The quantitative estimate of drug-likeness (QED) is 0.792. The summed E-state index contributed by atoms with van der Waals surface area (Å²) in [7, 11) is -3.71. The Morgan fingerprint density at radius 1 is 1.44 bits per heavy atom. The minimum atomic E-state index is -3.71. The molecule has 1 aromatic rings. The summed E-state index contributed by atoms with van der Waals surface area (Å²) in [6.07, 6.45) is 0.660. The molecule has 0 amide bonds. The summed E-state index contributed by atoms with van der Waals surface area (Å²) in [4.78, 5) is 4.89. The summed E-state index contributed by atoms with van der Waals surface area (Å²) in [5.74, 6) is -0.528. The minimum Gasteiger partial charge on any atom is -0.284 e. The Morgan fingerprint density at radius 3 is 2.75 bits per heavy atom. The van der Waals surface area contributed by atoms with Crippen molar-refractivity contribution >= 4 is 10.0 Å². The van der Waals surface area contributed by atoms with Gasteiger partial charge in [-0.3, -0.25) is 4.84 Å². The second kappa shape index (κ2) is 4.12. The maximum Gasteiger partial charge on any atom is 0.265 e. The second-order valence-electron chi connectivity index (χ2n) is 3.63. The summed E-state index contributed by atoms with van der Waals surface area (Å²) in [6, 6.07) is 3.85.